The van der Waals surface area contributed by atoms with Crippen LogP contribution in [0.4, 0.5) is 0 Å². The van der Waals surface area contributed by atoms with Gasteiger partial charge in [-0.25, -0.2) is 0 Å². The van der Waals surface area contributed by atoms with E-state index in [9.17, 15) is 9.90 Å². The molecule has 0 amide bonds. The van der Waals surface area contributed by atoms with Crippen LogP contribution in [0.1, 0.15) is 5.56 Å². The van der Waals surface area contributed by atoms with Crippen LogP contribution >= 0.6 is 0 Å². The maximum Gasteiger partial charge on any atom is 0.314 e. The molecule has 0 fully saturated rings. The summed E-state index contributed by atoms with van der Waals surface area (Å²) in [6.07, 6.45) is 9.83. The third-order valence-corrected chi connectivity index (χ3v) is 2.80. The van der Waals surface area contributed by atoms with Gasteiger partial charge in [0.05, 0.1) is 12.5 Å². The molecule has 1 aromatic rings. The highest BCUT2D eigenvalue weighted by atomic mass is 16.5. The van der Waals surface area contributed by atoms with Crippen molar-refractivity contribution in [1.82, 2.24) is 0 Å². The van der Waals surface area contributed by atoms with E-state index in [0.29, 0.717) is 5.56 Å². The topological polar surface area (TPSA) is 59.7 Å². The number of hydrogen-bond acceptors (Lipinski definition) is 3. The Morgan fingerprint density at radius 2 is 2.38 bits per heavy atom. The first-order valence-corrected chi connectivity index (χ1v) is 4.87. The number of methoxy groups -OCH3 is 1. The van der Waals surface area contributed by atoms with Crippen molar-refractivity contribution in [3.8, 4) is 0 Å². The SMILES string of the molecule is COC1(c2ccoc2)C=CC=CC1C(=O)O. The number of carbonyl (C=O) groups is 1. The average molecular weight is 220 g/mol. The van der Waals surface area contributed by atoms with E-state index in [0.717, 1.165) is 0 Å². The van der Waals surface area contributed by atoms with E-state index in [1.807, 2.05) is 0 Å². The smallest absolute Gasteiger partial charge is 0.314 e. The quantitative estimate of drug-likeness (QED) is 0.845. The second-order valence-electron chi connectivity index (χ2n) is 3.57. The maximum atomic E-state index is 11.2. The van der Waals surface area contributed by atoms with Crippen molar-refractivity contribution in [3.63, 3.8) is 0 Å². The highest BCUT2D eigenvalue weighted by molar-refractivity contribution is 5.75. The number of aliphatic carboxylic acids is 1. The molecule has 1 aliphatic rings. The van der Waals surface area contributed by atoms with Gasteiger partial charge in [-0.15, -0.1) is 0 Å². The monoisotopic (exact) mass is 220 g/mol. The largest absolute Gasteiger partial charge is 0.481 e. The Balaban J connectivity index is 2.50. The number of furan rings is 1. The number of carboxylic acid groups (broad SMARTS) is 1. The minimum absolute atomic E-state index is 0.697. The van der Waals surface area contributed by atoms with Crippen LogP contribution in [0.2, 0.25) is 0 Å². The molecule has 1 aromatic heterocycles. The Kier molecular flexibility index (Phi) is 2.66. The fourth-order valence-electron chi connectivity index (χ4n) is 1.96. The number of carboxylic acids is 1. The third kappa shape index (κ3) is 1.47. The number of hydrogen-bond donors (Lipinski definition) is 1. The van der Waals surface area contributed by atoms with Crippen molar-refractivity contribution in [1.29, 1.82) is 0 Å². The number of ether oxygens (including phenoxy) is 1. The van der Waals surface area contributed by atoms with Gasteiger partial charge in [0.1, 0.15) is 11.5 Å². The molecule has 2 atom stereocenters. The molecule has 4 nitrogen and oxygen atoms in total. The van der Waals surface area contributed by atoms with Gasteiger partial charge < -0.3 is 14.3 Å². The summed E-state index contributed by atoms with van der Waals surface area (Å²) in [5.41, 5.74) is -0.281. The highest BCUT2D eigenvalue weighted by Gasteiger charge is 2.43. The summed E-state index contributed by atoms with van der Waals surface area (Å²) in [7, 11) is 1.49. The fourth-order valence-corrected chi connectivity index (χ4v) is 1.96. The Hall–Kier alpha value is -1.81. The molecule has 0 aliphatic heterocycles. The van der Waals surface area contributed by atoms with Crippen LogP contribution in [0.3, 0.4) is 0 Å². The average Bonchev–Trinajstić information content (AvgIpc) is 2.82. The lowest BCUT2D eigenvalue weighted by Crippen LogP contribution is -2.39. The summed E-state index contributed by atoms with van der Waals surface area (Å²) in [6, 6.07) is 1.71. The van der Waals surface area contributed by atoms with Crippen molar-refractivity contribution in [3.05, 3.63) is 48.5 Å². The van der Waals surface area contributed by atoms with Gasteiger partial charge in [0.15, 0.2) is 0 Å². The first-order chi connectivity index (χ1) is 7.70. The van der Waals surface area contributed by atoms with Crippen molar-refractivity contribution >= 4 is 5.97 Å². The van der Waals surface area contributed by atoms with Crippen LogP contribution in [0.15, 0.2) is 47.3 Å². The van der Waals surface area contributed by atoms with Crippen LogP contribution < -0.4 is 0 Å². The second kappa shape index (κ2) is 3.98. The zero-order chi connectivity index (χ0) is 11.6. The lowest BCUT2D eigenvalue weighted by atomic mass is 9.79. The summed E-state index contributed by atoms with van der Waals surface area (Å²) in [6.45, 7) is 0. The van der Waals surface area contributed by atoms with Gasteiger partial charge in [-0.3, -0.25) is 4.79 Å². The molecule has 0 saturated carbocycles. The molecule has 0 bridgehead atoms. The summed E-state index contributed by atoms with van der Waals surface area (Å²) >= 11 is 0. The first-order valence-electron chi connectivity index (χ1n) is 4.87. The number of rotatable bonds is 3. The minimum Gasteiger partial charge on any atom is -0.481 e. The Morgan fingerprint density at radius 1 is 1.56 bits per heavy atom. The van der Waals surface area contributed by atoms with Crippen molar-refractivity contribution in [2.75, 3.05) is 7.11 Å². The lowest BCUT2D eigenvalue weighted by molar-refractivity contribution is -0.148. The zero-order valence-electron chi connectivity index (χ0n) is 8.79. The van der Waals surface area contributed by atoms with E-state index in [1.54, 1.807) is 30.4 Å². The summed E-state index contributed by atoms with van der Waals surface area (Å²) < 4.78 is 10.4. The van der Waals surface area contributed by atoms with Crippen molar-refractivity contribution in [2.45, 2.75) is 5.60 Å². The summed E-state index contributed by atoms with van der Waals surface area (Å²) in [5.74, 6) is -1.68. The highest BCUT2D eigenvalue weighted by Crippen LogP contribution is 2.38. The van der Waals surface area contributed by atoms with E-state index >= 15 is 0 Å². The van der Waals surface area contributed by atoms with Gasteiger partial charge in [-0.1, -0.05) is 18.2 Å². The molecule has 0 radical (unpaired) electrons. The Morgan fingerprint density at radius 3 is 2.94 bits per heavy atom. The van der Waals surface area contributed by atoms with Crippen LogP contribution in [0, 0.1) is 5.92 Å². The molecule has 0 aromatic carbocycles. The molecule has 1 heterocycles. The van der Waals surface area contributed by atoms with Gasteiger partial charge >= 0.3 is 5.97 Å². The van der Waals surface area contributed by atoms with Crippen LogP contribution in [0.25, 0.3) is 0 Å². The normalized spacial score (nSPS) is 28.2. The summed E-state index contributed by atoms with van der Waals surface area (Å²) in [4.78, 5) is 11.2. The first kappa shape index (κ1) is 10.7. The maximum absolute atomic E-state index is 11.2. The van der Waals surface area contributed by atoms with Crippen molar-refractivity contribution < 1.29 is 19.1 Å². The Labute approximate surface area is 92.8 Å². The standard InChI is InChI=1S/C12H12O4/c1-15-12(9-5-7-16-8-9)6-3-2-4-10(12)11(13)14/h2-8,10H,1H3,(H,13,14). The van der Waals surface area contributed by atoms with Crippen LogP contribution in [-0.4, -0.2) is 18.2 Å². The molecule has 1 N–H and O–H groups in total. The molecule has 4 heteroatoms. The van der Waals surface area contributed by atoms with E-state index in [4.69, 9.17) is 9.15 Å². The summed E-state index contributed by atoms with van der Waals surface area (Å²) in [5, 5.41) is 9.21. The predicted octanol–water partition coefficient (Wildman–Crippen LogP) is 1.95. The van der Waals surface area contributed by atoms with E-state index in [1.165, 1.54) is 19.6 Å². The number of allylic oxidation sites excluding steroid dienone is 2. The van der Waals surface area contributed by atoms with Crippen LogP contribution in [0.5, 0.6) is 0 Å². The van der Waals surface area contributed by atoms with Gasteiger partial charge in [0.25, 0.3) is 0 Å². The molecular weight excluding hydrogens is 208 g/mol. The predicted molar refractivity (Wildman–Crippen MR) is 56.8 cm³/mol. The second-order valence-corrected chi connectivity index (χ2v) is 3.57. The zero-order valence-corrected chi connectivity index (χ0v) is 8.79. The van der Waals surface area contributed by atoms with Crippen molar-refractivity contribution in [2.24, 2.45) is 5.92 Å². The van der Waals surface area contributed by atoms with Gasteiger partial charge in [-0.2, -0.15) is 0 Å². The minimum atomic E-state index is -0.979. The molecule has 2 rings (SSSR count). The molecule has 16 heavy (non-hydrogen) atoms. The third-order valence-electron chi connectivity index (χ3n) is 2.80. The van der Waals surface area contributed by atoms with E-state index < -0.39 is 17.5 Å². The van der Waals surface area contributed by atoms with E-state index in [-0.39, 0.29) is 0 Å². The molecule has 0 saturated heterocycles. The Bertz CT molecular complexity index is 430. The van der Waals surface area contributed by atoms with Crippen LogP contribution in [-0.2, 0) is 15.1 Å². The van der Waals surface area contributed by atoms with E-state index in [2.05, 4.69) is 0 Å². The lowest BCUT2D eigenvalue weighted by Gasteiger charge is -2.34. The molecule has 84 valence electrons. The fraction of sp³-hybridized carbons (Fsp3) is 0.250. The van der Waals surface area contributed by atoms with Gasteiger partial charge in [0, 0.05) is 12.7 Å². The molecular formula is C12H12O4. The molecule has 0 spiro atoms. The van der Waals surface area contributed by atoms with Gasteiger partial charge in [0.2, 0.25) is 0 Å². The molecule has 2 unspecified atom stereocenters. The van der Waals surface area contributed by atoms with Gasteiger partial charge in [-0.05, 0) is 12.1 Å². The molecule has 1 aliphatic carbocycles.